The first-order chi connectivity index (χ1) is 10.2. The topological polar surface area (TPSA) is 18.5 Å². The van der Waals surface area contributed by atoms with Crippen molar-refractivity contribution in [2.24, 2.45) is 11.8 Å². The van der Waals surface area contributed by atoms with E-state index in [-0.39, 0.29) is 0 Å². The van der Waals surface area contributed by atoms with Crippen LogP contribution >= 0.6 is 0 Å². The van der Waals surface area contributed by atoms with Crippen LogP contribution in [-0.2, 0) is 0 Å². The maximum Gasteiger partial charge on any atom is 0.0224 e. The number of hydrogen-bond acceptors (Lipinski definition) is 3. The van der Waals surface area contributed by atoms with E-state index in [1.165, 1.54) is 58.3 Å². The van der Waals surface area contributed by atoms with Crippen molar-refractivity contribution in [2.75, 3.05) is 32.7 Å². The molecule has 0 aromatic rings. The van der Waals surface area contributed by atoms with Gasteiger partial charge in [-0.1, -0.05) is 13.8 Å². The molecule has 0 aromatic heterocycles. The molecule has 0 bridgehead atoms. The SMILES string of the molecule is CCNC1CCC(C)CC1CN1CC2CCCN2CC1C. The zero-order valence-electron chi connectivity index (χ0n) is 14.4. The van der Waals surface area contributed by atoms with Gasteiger partial charge in [0.1, 0.15) is 0 Å². The molecule has 3 fully saturated rings. The molecule has 5 unspecified atom stereocenters. The lowest BCUT2D eigenvalue weighted by Crippen LogP contribution is -2.57. The third-order valence-corrected chi connectivity index (χ3v) is 6.25. The third kappa shape index (κ3) is 3.62. The van der Waals surface area contributed by atoms with Gasteiger partial charge in [0.25, 0.3) is 0 Å². The number of nitrogens with one attached hydrogen (secondary N) is 1. The molecule has 3 aliphatic rings. The van der Waals surface area contributed by atoms with E-state index < -0.39 is 0 Å². The Labute approximate surface area is 131 Å². The molecule has 0 amide bonds. The lowest BCUT2D eigenvalue weighted by atomic mass is 9.78. The first-order valence-electron chi connectivity index (χ1n) is 9.38. The fourth-order valence-corrected chi connectivity index (χ4v) is 5.03. The summed E-state index contributed by atoms with van der Waals surface area (Å²) in [7, 11) is 0. The van der Waals surface area contributed by atoms with Crippen LogP contribution in [0.15, 0.2) is 0 Å². The molecular formula is C18H35N3. The molecule has 122 valence electrons. The Morgan fingerprint density at radius 3 is 2.76 bits per heavy atom. The zero-order valence-corrected chi connectivity index (χ0v) is 14.4. The van der Waals surface area contributed by atoms with Crippen LogP contribution in [0.3, 0.4) is 0 Å². The smallest absolute Gasteiger partial charge is 0.0224 e. The number of fused-ring (bicyclic) bond motifs is 1. The van der Waals surface area contributed by atoms with Crippen LogP contribution in [0.2, 0.25) is 0 Å². The molecule has 3 rings (SSSR count). The van der Waals surface area contributed by atoms with Crippen molar-refractivity contribution in [1.29, 1.82) is 0 Å². The highest BCUT2D eigenvalue weighted by atomic mass is 15.3. The molecule has 21 heavy (non-hydrogen) atoms. The fraction of sp³-hybridized carbons (Fsp3) is 1.00. The number of hydrogen-bond donors (Lipinski definition) is 1. The van der Waals surface area contributed by atoms with Crippen molar-refractivity contribution < 1.29 is 0 Å². The molecule has 1 N–H and O–H groups in total. The van der Waals surface area contributed by atoms with Crippen LogP contribution in [-0.4, -0.2) is 60.6 Å². The van der Waals surface area contributed by atoms with Crippen LogP contribution in [0.5, 0.6) is 0 Å². The van der Waals surface area contributed by atoms with Crippen LogP contribution in [0.4, 0.5) is 0 Å². The summed E-state index contributed by atoms with van der Waals surface area (Å²) in [5.74, 6) is 1.79. The molecule has 0 spiro atoms. The summed E-state index contributed by atoms with van der Waals surface area (Å²) in [5, 5.41) is 3.77. The lowest BCUT2D eigenvalue weighted by molar-refractivity contribution is 0.0339. The second kappa shape index (κ2) is 6.97. The average Bonchev–Trinajstić information content (AvgIpc) is 2.89. The zero-order chi connectivity index (χ0) is 14.8. The maximum absolute atomic E-state index is 3.77. The minimum Gasteiger partial charge on any atom is -0.314 e. The van der Waals surface area contributed by atoms with E-state index in [9.17, 15) is 0 Å². The van der Waals surface area contributed by atoms with E-state index in [2.05, 4.69) is 35.9 Å². The van der Waals surface area contributed by atoms with E-state index in [0.29, 0.717) is 0 Å². The van der Waals surface area contributed by atoms with Gasteiger partial charge in [0, 0.05) is 37.8 Å². The quantitative estimate of drug-likeness (QED) is 0.859. The molecule has 2 saturated heterocycles. The monoisotopic (exact) mass is 293 g/mol. The highest BCUT2D eigenvalue weighted by Crippen LogP contribution is 2.32. The summed E-state index contributed by atoms with van der Waals surface area (Å²) in [6.45, 7) is 13.6. The predicted molar refractivity (Wildman–Crippen MR) is 89.6 cm³/mol. The predicted octanol–water partition coefficient (Wildman–Crippen LogP) is 2.57. The van der Waals surface area contributed by atoms with Crippen LogP contribution in [0.1, 0.15) is 52.9 Å². The largest absolute Gasteiger partial charge is 0.314 e. The van der Waals surface area contributed by atoms with Gasteiger partial charge < -0.3 is 5.32 Å². The molecule has 3 nitrogen and oxygen atoms in total. The second-order valence-corrected chi connectivity index (χ2v) is 7.94. The molecule has 1 aliphatic carbocycles. The van der Waals surface area contributed by atoms with E-state index in [1.807, 2.05) is 0 Å². The van der Waals surface area contributed by atoms with Gasteiger partial charge in [0.15, 0.2) is 0 Å². The maximum atomic E-state index is 3.77. The Balaban J connectivity index is 1.60. The number of piperazine rings is 1. The summed E-state index contributed by atoms with van der Waals surface area (Å²) < 4.78 is 0. The lowest BCUT2D eigenvalue weighted by Gasteiger charge is -2.46. The number of rotatable bonds is 4. The first kappa shape index (κ1) is 15.8. The Hall–Kier alpha value is -0.120. The molecule has 2 heterocycles. The highest BCUT2D eigenvalue weighted by molar-refractivity contribution is 4.93. The van der Waals surface area contributed by atoms with Gasteiger partial charge in [-0.25, -0.2) is 0 Å². The second-order valence-electron chi connectivity index (χ2n) is 7.94. The Bertz CT molecular complexity index is 332. The molecule has 0 aromatic carbocycles. The number of nitrogens with zero attached hydrogens (tertiary/aromatic N) is 2. The molecule has 1 saturated carbocycles. The van der Waals surface area contributed by atoms with Gasteiger partial charge >= 0.3 is 0 Å². The van der Waals surface area contributed by atoms with Crippen LogP contribution in [0.25, 0.3) is 0 Å². The van der Waals surface area contributed by atoms with Crippen molar-refractivity contribution in [1.82, 2.24) is 15.1 Å². The van der Waals surface area contributed by atoms with Gasteiger partial charge in [-0.2, -0.15) is 0 Å². The van der Waals surface area contributed by atoms with E-state index in [4.69, 9.17) is 0 Å². The standard InChI is InChI=1S/C18H35N3/c1-4-19-18-8-7-14(2)10-16(18)12-21-13-17-6-5-9-20(17)11-15(21)3/h14-19H,4-13H2,1-3H3. The molecular weight excluding hydrogens is 258 g/mol. The minimum absolute atomic E-state index is 0.749. The van der Waals surface area contributed by atoms with E-state index in [1.54, 1.807) is 0 Å². The average molecular weight is 293 g/mol. The Morgan fingerprint density at radius 1 is 1.10 bits per heavy atom. The summed E-state index contributed by atoms with van der Waals surface area (Å²) in [6.07, 6.45) is 7.08. The van der Waals surface area contributed by atoms with E-state index in [0.717, 1.165) is 36.5 Å². The van der Waals surface area contributed by atoms with Gasteiger partial charge in [-0.15, -0.1) is 0 Å². The van der Waals surface area contributed by atoms with Crippen molar-refractivity contribution in [3.63, 3.8) is 0 Å². The van der Waals surface area contributed by atoms with Crippen LogP contribution < -0.4 is 5.32 Å². The molecule has 5 atom stereocenters. The van der Waals surface area contributed by atoms with Crippen molar-refractivity contribution >= 4 is 0 Å². The summed E-state index contributed by atoms with van der Waals surface area (Å²) in [4.78, 5) is 5.56. The highest BCUT2D eigenvalue weighted by Gasteiger charge is 2.37. The molecule has 3 heteroatoms. The summed E-state index contributed by atoms with van der Waals surface area (Å²) in [6, 6.07) is 2.37. The van der Waals surface area contributed by atoms with Crippen molar-refractivity contribution in [3.05, 3.63) is 0 Å². The van der Waals surface area contributed by atoms with Gasteiger partial charge in [0.05, 0.1) is 0 Å². The first-order valence-corrected chi connectivity index (χ1v) is 9.38. The van der Waals surface area contributed by atoms with Gasteiger partial charge in [0.2, 0.25) is 0 Å². The third-order valence-electron chi connectivity index (χ3n) is 6.25. The molecule has 2 aliphatic heterocycles. The van der Waals surface area contributed by atoms with Gasteiger partial charge in [-0.3, -0.25) is 9.80 Å². The fourth-order valence-electron chi connectivity index (χ4n) is 5.03. The van der Waals surface area contributed by atoms with Crippen molar-refractivity contribution in [2.45, 2.75) is 71.0 Å². The van der Waals surface area contributed by atoms with E-state index >= 15 is 0 Å². The van der Waals surface area contributed by atoms with Gasteiger partial charge in [-0.05, 0) is 64.0 Å². The summed E-state index contributed by atoms with van der Waals surface area (Å²) in [5.41, 5.74) is 0. The van der Waals surface area contributed by atoms with Crippen LogP contribution in [0, 0.1) is 11.8 Å². The summed E-state index contributed by atoms with van der Waals surface area (Å²) >= 11 is 0. The van der Waals surface area contributed by atoms with Crippen molar-refractivity contribution in [3.8, 4) is 0 Å². The normalized spacial score (nSPS) is 42.1. The Morgan fingerprint density at radius 2 is 1.95 bits per heavy atom. The molecule has 0 radical (unpaired) electrons. The Kier molecular flexibility index (Phi) is 5.23. The minimum atomic E-state index is 0.749.